The number of aliphatic hydroxyl groups is 1. The van der Waals surface area contributed by atoms with Gasteiger partial charge in [-0.25, -0.2) is 4.98 Å². The summed E-state index contributed by atoms with van der Waals surface area (Å²) >= 11 is 0. The van der Waals surface area contributed by atoms with E-state index in [1.54, 1.807) is 12.3 Å². The maximum atomic E-state index is 12.4. The van der Waals surface area contributed by atoms with Crippen molar-refractivity contribution in [1.82, 2.24) is 14.7 Å². The van der Waals surface area contributed by atoms with Crippen molar-refractivity contribution < 1.29 is 9.90 Å². The fourth-order valence-corrected chi connectivity index (χ4v) is 2.91. The minimum Gasteiger partial charge on any atom is -0.393 e. The molecule has 2 unspecified atom stereocenters. The summed E-state index contributed by atoms with van der Waals surface area (Å²) in [6.07, 6.45) is 5.27. The quantitative estimate of drug-likeness (QED) is 0.882. The highest BCUT2D eigenvalue weighted by atomic mass is 16.3. The summed E-state index contributed by atoms with van der Waals surface area (Å²) in [6.45, 7) is 2.26. The standard InChI is InChI=1S/C16H19N3O3/c1-10-5-6-14-17-8-12(16(22)19(14)9-10)15(21)18-7-11-3-2-4-13(11)20/h5-6,8-9,11,13,20H,2-4,7H2,1H3,(H,18,21). The Morgan fingerprint density at radius 2 is 2.27 bits per heavy atom. The highest BCUT2D eigenvalue weighted by molar-refractivity contribution is 5.93. The van der Waals surface area contributed by atoms with Crippen LogP contribution in [0.25, 0.3) is 5.65 Å². The molecule has 0 bridgehead atoms. The fraction of sp³-hybridized carbons (Fsp3) is 0.438. The van der Waals surface area contributed by atoms with Gasteiger partial charge in [-0.15, -0.1) is 0 Å². The van der Waals surface area contributed by atoms with Gasteiger partial charge >= 0.3 is 0 Å². The number of rotatable bonds is 3. The second-order valence-electron chi connectivity index (χ2n) is 5.88. The Bertz CT molecular complexity index is 769. The fourth-order valence-electron chi connectivity index (χ4n) is 2.91. The zero-order chi connectivity index (χ0) is 15.7. The van der Waals surface area contributed by atoms with Crippen molar-refractivity contribution in [1.29, 1.82) is 0 Å². The smallest absolute Gasteiger partial charge is 0.270 e. The van der Waals surface area contributed by atoms with Gasteiger partial charge in [0.15, 0.2) is 0 Å². The Kier molecular flexibility index (Phi) is 3.94. The third-order valence-corrected chi connectivity index (χ3v) is 4.24. The molecule has 1 amide bonds. The van der Waals surface area contributed by atoms with Crippen molar-refractivity contribution in [2.75, 3.05) is 6.54 Å². The molecule has 6 nitrogen and oxygen atoms in total. The largest absolute Gasteiger partial charge is 0.393 e. The summed E-state index contributed by atoms with van der Waals surface area (Å²) < 4.78 is 1.38. The number of hydrogen-bond acceptors (Lipinski definition) is 4. The molecule has 1 aliphatic carbocycles. The molecule has 6 heteroatoms. The van der Waals surface area contributed by atoms with Gasteiger partial charge in [0.25, 0.3) is 11.5 Å². The average molecular weight is 301 g/mol. The van der Waals surface area contributed by atoms with Gasteiger partial charge in [0.1, 0.15) is 11.2 Å². The van der Waals surface area contributed by atoms with E-state index in [0.29, 0.717) is 12.2 Å². The molecule has 2 aromatic rings. The first-order valence-electron chi connectivity index (χ1n) is 7.50. The van der Waals surface area contributed by atoms with Gasteiger partial charge in [-0.3, -0.25) is 14.0 Å². The van der Waals surface area contributed by atoms with E-state index in [0.717, 1.165) is 24.8 Å². The van der Waals surface area contributed by atoms with Crippen LogP contribution in [0.15, 0.2) is 29.3 Å². The van der Waals surface area contributed by atoms with Crippen LogP contribution < -0.4 is 10.9 Å². The summed E-state index contributed by atoms with van der Waals surface area (Å²) in [6, 6.07) is 3.61. The molecule has 116 valence electrons. The minimum absolute atomic E-state index is 0.0237. The molecular formula is C16H19N3O3. The highest BCUT2D eigenvalue weighted by Crippen LogP contribution is 2.24. The van der Waals surface area contributed by atoms with E-state index in [4.69, 9.17) is 0 Å². The van der Waals surface area contributed by atoms with Gasteiger partial charge in [0.2, 0.25) is 0 Å². The van der Waals surface area contributed by atoms with Crippen LogP contribution in [-0.2, 0) is 0 Å². The van der Waals surface area contributed by atoms with E-state index in [2.05, 4.69) is 10.3 Å². The maximum Gasteiger partial charge on any atom is 0.270 e. The third kappa shape index (κ3) is 2.74. The first kappa shape index (κ1) is 14.7. The number of aliphatic hydroxyl groups excluding tert-OH is 1. The number of nitrogens with one attached hydrogen (secondary N) is 1. The number of carbonyl (C=O) groups excluding carboxylic acids is 1. The van der Waals surface area contributed by atoms with E-state index in [1.807, 2.05) is 13.0 Å². The highest BCUT2D eigenvalue weighted by Gasteiger charge is 2.26. The lowest BCUT2D eigenvalue weighted by atomic mass is 10.1. The lowest BCUT2D eigenvalue weighted by Crippen LogP contribution is -2.36. The number of nitrogens with zero attached hydrogens (tertiary/aromatic N) is 2. The maximum absolute atomic E-state index is 12.4. The van der Waals surface area contributed by atoms with Crippen LogP contribution in [0.4, 0.5) is 0 Å². The van der Waals surface area contributed by atoms with Crippen LogP contribution in [0.3, 0.4) is 0 Å². The lowest BCUT2D eigenvalue weighted by Gasteiger charge is -2.14. The van der Waals surface area contributed by atoms with Gasteiger partial charge in [-0.05, 0) is 31.4 Å². The van der Waals surface area contributed by atoms with Crippen molar-refractivity contribution >= 4 is 11.6 Å². The van der Waals surface area contributed by atoms with E-state index in [1.165, 1.54) is 10.6 Å². The van der Waals surface area contributed by atoms with E-state index < -0.39 is 5.91 Å². The minimum atomic E-state index is -0.437. The van der Waals surface area contributed by atoms with E-state index in [9.17, 15) is 14.7 Å². The van der Waals surface area contributed by atoms with Gasteiger partial charge < -0.3 is 10.4 Å². The van der Waals surface area contributed by atoms with Gasteiger partial charge in [0, 0.05) is 24.9 Å². The zero-order valence-corrected chi connectivity index (χ0v) is 12.5. The Morgan fingerprint density at radius 3 is 3.00 bits per heavy atom. The zero-order valence-electron chi connectivity index (χ0n) is 12.5. The number of carbonyl (C=O) groups is 1. The van der Waals surface area contributed by atoms with Gasteiger partial charge in [-0.1, -0.05) is 12.5 Å². The molecule has 0 saturated heterocycles. The van der Waals surface area contributed by atoms with Crippen molar-refractivity contribution in [2.45, 2.75) is 32.3 Å². The van der Waals surface area contributed by atoms with Crippen molar-refractivity contribution in [2.24, 2.45) is 5.92 Å². The number of hydrogen-bond donors (Lipinski definition) is 2. The normalized spacial score (nSPS) is 21.2. The molecule has 1 saturated carbocycles. The molecule has 3 rings (SSSR count). The number of fused-ring (bicyclic) bond motifs is 1. The molecule has 0 aliphatic heterocycles. The van der Waals surface area contributed by atoms with Crippen molar-refractivity contribution in [3.05, 3.63) is 46.0 Å². The number of aryl methyl sites for hydroxylation is 1. The molecule has 0 aromatic carbocycles. The molecule has 2 heterocycles. The molecule has 22 heavy (non-hydrogen) atoms. The summed E-state index contributed by atoms with van der Waals surface area (Å²) in [5.74, 6) is -0.366. The Hall–Kier alpha value is -2.21. The summed E-state index contributed by atoms with van der Waals surface area (Å²) in [5.41, 5.74) is 1.08. The lowest BCUT2D eigenvalue weighted by molar-refractivity contribution is 0.0915. The van der Waals surface area contributed by atoms with E-state index in [-0.39, 0.29) is 23.1 Å². The second-order valence-corrected chi connectivity index (χ2v) is 5.88. The van der Waals surface area contributed by atoms with Crippen LogP contribution in [0.1, 0.15) is 35.2 Å². The van der Waals surface area contributed by atoms with Crippen LogP contribution in [-0.4, -0.2) is 33.0 Å². The SMILES string of the molecule is Cc1ccc2ncc(C(=O)NCC3CCCC3O)c(=O)n2c1. The molecular weight excluding hydrogens is 282 g/mol. The Balaban J connectivity index is 1.82. The van der Waals surface area contributed by atoms with Crippen LogP contribution in [0.2, 0.25) is 0 Å². The van der Waals surface area contributed by atoms with Gasteiger partial charge in [0.05, 0.1) is 6.10 Å². The van der Waals surface area contributed by atoms with Crippen LogP contribution >= 0.6 is 0 Å². The summed E-state index contributed by atoms with van der Waals surface area (Å²) in [5, 5.41) is 12.5. The molecule has 1 fully saturated rings. The molecule has 0 spiro atoms. The van der Waals surface area contributed by atoms with Crippen molar-refractivity contribution in [3.63, 3.8) is 0 Å². The molecule has 2 atom stereocenters. The van der Waals surface area contributed by atoms with Crippen LogP contribution in [0.5, 0.6) is 0 Å². The predicted molar refractivity (Wildman–Crippen MR) is 81.9 cm³/mol. The monoisotopic (exact) mass is 301 g/mol. The Morgan fingerprint density at radius 1 is 1.45 bits per heavy atom. The predicted octanol–water partition coefficient (Wildman–Crippen LogP) is 0.894. The second kappa shape index (κ2) is 5.88. The first-order chi connectivity index (χ1) is 10.6. The number of pyridine rings is 1. The number of aromatic nitrogens is 2. The average Bonchev–Trinajstić information content (AvgIpc) is 2.91. The summed E-state index contributed by atoms with van der Waals surface area (Å²) in [7, 11) is 0. The molecule has 0 radical (unpaired) electrons. The topological polar surface area (TPSA) is 83.7 Å². The number of amides is 1. The molecule has 2 aromatic heterocycles. The molecule has 1 aliphatic rings. The van der Waals surface area contributed by atoms with Crippen molar-refractivity contribution in [3.8, 4) is 0 Å². The first-order valence-corrected chi connectivity index (χ1v) is 7.50. The Labute approximate surface area is 127 Å². The molecule has 2 N–H and O–H groups in total. The summed E-state index contributed by atoms with van der Waals surface area (Å²) in [4.78, 5) is 28.8. The van der Waals surface area contributed by atoms with E-state index >= 15 is 0 Å². The van der Waals surface area contributed by atoms with Gasteiger partial charge in [-0.2, -0.15) is 0 Å². The third-order valence-electron chi connectivity index (χ3n) is 4.24. The van der Waals surface area contributed by atoms with Crippen LogP contribution in [0, 0.1) is 12.8 Å².